The SMILES string of the molecule is CCCCCCC(=O)OCCOCCOCCOCCOCCOCCOCCOCCOCCOC(=O)CCCCCC. The summed E-state index contributed by atoms with van der Waals surface area (Å²) in [6.45, 7) is 12.3. The zero-order valence-corrected chi connectivity index (χ0v) is 27.7. The Balaban J connectivity index is 3.12. The number of esters is 2. The lowest BCUT2D eigenvalue weighted by Crippen LogP contribution is -2.15. The second-order valence-corrected chi connectivity index (χ2v) is 9.96. The molecule has 0 saturated heterocycles. The normalized spacial score (nSPS) is 11.2. The smallest absolute Gasteiger partial charge is 0.305 e. The number of carbonyl (C=O) groups excluding carboxylic acids is 2. The molecular formula is C32H62O12. The standard InChI is InChI=1S/C32H62O12/c1-3-5-7-9-11-31(33)43-29-27-41-25-23-39-21-19-37-17-15-35-13-14-36-16-18-38-20-22-40-24-26-42-28-30-44-32(34)12-10-8-6-4-2/h3-30H2,1-2H3. The molecule has 0 aromatic carbocycles. The highest BCUT2D eigenvalue weighted by Crippen LogP contribution is 2.04. The average molecular weight is 639 g/mol. The Bertz CT molecular complexity index is 544. The molecule has 0 aromatic heterocycles. The number of hydrogen-bond donors (Lipinski definition) is 0. The molecule has 0 heterocycles. The molecule has 0 rings (SSSR count). The fourth-order valence-corrected chi connectivity index (χ4v) is 3.61. The quantitative estimate of drug-likeness (QED) is 0.0717. The van der Waals surface area contributed by atoms with E-state index in [-0.39, 0.29) is 25.2 Å². The van der Waals surface area contributed by atoms with Crippen molar-refractivity contribution in [3.05, 3.63) is 0 Å². The fraction of sp³-hybridized carbons (Fsp3) is 0.938. The van der Waals surface area contributed by atoms with Crippen LogP contribution < -0.4 is 0 Å². The van der Waals surface area contributed by atoms with Crippen LogP contribution in [0, 0.1) is 0 Å². The van der Waals surface area contributed by atoms with Gasteiger partial charge in [-0.3, -0.25) is 9.59 Å². The van der Waals surface area contributed by atoms with Crippen molar-refractivity contribution in [3.8, 4) is 0 Å². The lowest BCUT2D eigenvalue weighted by molar-refractivity contribution is -0.146. The molecule has 0 atom stereocenters. The zero-order valence-electron chi connectivity index (χ0n) is 27.7. The second kappa shape index (κ2) is 37.8. The molecule has 0 fully saturated rings. The van der Waals surface area contributed by atoms with E-state index in [1.807, 2.05) is 0 Å². The minimum absolute atomic E-state index is 0.154. The Kier molecular flexibility index (Phi) is 36.6. The van der Waals surface area contributed by atoms with Crippen LogP contribution in [0.25, 0.3) is 0 Å². The van der Waals surface area contributed by atoms with Crippen LogP contribution in [0.3, 0.4) is 0 Å². The number of carbonyl (C=O) groups is 2. The van der Waals surface area contributed by atoms with Crippen LogP contribution in [0.5, 0.6) is 0 Å². The summed E-state index contributed by atoms with van der Waals surface area (Å²) in [6, 6.07) is 0. The maximum absolute atomic E-state index is 11.5. The largest absolute Gasteiger partial charge is 0.463 e. The Hall–Kier alpha value is -1.38. The van der Waals surface area contributed by atoms with Gasteiger partial charge in [0.15, 0.2) is 0 Å². The first kappa shape index (κ1) is 42.6. The third kappa shape index (κ3) is 36.8. The van der Waals surface area contributed by atoms with Crippen LogP contribution in [-0.2, 0) is 57.0 Å². The summed E-state index contributed by atoms with van der Waals surface area (Å²) in [5, 5.41) is 0. The molecule has 0 radical (unpaired) electrons. The van der Waals surface area contributed by atoms with Gasteiger partial charge in [-0.05, 0) is 12.8 Å². The van der Waals surface area contributed by atoms with Gasteiger partial charge in [0, 0.05) is 12.8 Å². The highest BCUT2D eigenvalue weighted by atomic mass is 16.6. The number of rotatable bonds is 37. The Morgan fingerprint density at radius 1 is 0.318 bits per heavy atom. The van der Waals surface area contributed by atoms with Crippen molar-refractivity contribution in [2.75, 3.05) is 119 Å². The predicted octanol–water partition coefficient (Wildman–Crippen LogP) is 4.15. The molecule has 0 aliphatic heterocycles. The highest BCUT2D eigenvalue weighted by Gasteiger charge is 2.03. The molecule has 0 bridgehead atoms. The van der Waals surface area contributed by atoms with E-state index in [9.17, 15) is 9.59 Å². The van der Waals surface area contributed by atoms with Gasteiger partial charge >= 0.3 is 11.9 Å². The van der Waals surface area contributed by atoms with Gasteiger partial charge < -0.3 is 47.4 Å². The number of ether oxygens (including phenoxy) is 10. The van der Waals surface area contributed by atoms with Crippen molar-refractivity contribution < 1.29 is 57.0 Å². The minimum atomic E-state index is -0.154. The molecule has 0 unspecified atom stereocenters. The van der Waals surface area contributed by atoms with Crippen LogP contribution >= 0.6 is 0 Å². The van der Waals surface area contributed by atoms with Gasteiger partial charge in [-0.25, -0.2) is 0 Å². The molecule has 0 aliphatic carbocycles. The van der Waals surface area contributed by atoms with Crippen LogP contribution in [0.2, 0.25) is 0 Å². The summed E-state index contributed by atoms with van der Waals surface area (Å²) < 4.78 is 53.7. The van der Waals surface area contributed by atoms with E-state index < -0.39 is 0 Å². The number of hydrogen-bond acceptors (Lipinski definition) is 12. The van der Waals surface area contributed by atoms with E-state index >= 15 is 0 Å². The van der Waals surface area contributed by atoms with Gasteiger partial charge in [0.25, 0.3) is 0 Å². The minimum Gasteiger partial charge on any atom is -0.463 e. The molecule has 0 saturated carbocycles. The summed E-state index contributed by atoms with van der Waals surface area (Å²) in [5.41, 5.74) is 0. The Labute approximate surface area is 266 Å². The monoisotopic (exact) mass is 638 g/mol. The maximum Gasteiger partial charge on any atom is 0.305 e. The number of unbranched alkanes of at least 4 members (excludes halogenated alkanes) is 6. The van der Waals surface area contributed by atoms with Gasteiger partial charge in [-0.2, -0.15) is 0 Å². The summed E-state index contributed by atoms with van der Waals surface area (Å²) in [7, 11) is 0. The zero-order chi connectivity index (χ0) is 32.0. The summed E-state index contributed by atoms with van der Waals surface area (Å²) in [6.07, 6.45) is 9.51. The molecular weight excluding hydrogens is 576 g/mol. The van der Waals surface area contributed by atoms with E-state index in [4.69, 9.17) is 47.4 Å². The van der Waals surface area contributed by atoms with Crippen molar-refractivity contribution >= 4 is 11.9 Å². The van der Waals surface area contributed by atoms with Crippen LogP contribution in [-0.4, -0.2) is 131 Å². The van der Waals surface area contributed by atoms with Gasteiger partial charge in [0.2, 0.25) is 0 Å². The van der Waals surface area contributed by atoms with Gasteiger partial charge in [0.05, 0.1) is 106 Å². The van der Waals surface area contributed by atoms with Gasteiger partial charge in [0.1, 0.15) is 13.2 Å². The summed E-state index contributed by atoms with van der Waals surface area (Å²) in [4.78, 5) is 23.1. The average Bonchev–Trinajstić information content (AvgIpc) is 3.02. The van der Waals surface area contributed by atoms with E-state index in [0.717, 1.165) is 51.4 Å². The highest BCUT2D eigenvalue weighted by molar-refractivity contribution is 5.69. The van der Waals surface area contributed by atoms with Crippen molar-refractivity contribution in [2.45, 2.75) is 78.1 Å². The van der Waals surface area contributed by atoms with Crippen LogP contribution in [0.4, 0.5) is 0 Å². The lowest BCUT2D eigenvalue weighted by Gasteiger charge is -2.09. The van der Waals surface area contributed by atoms with Crippen molar-refractivity contribution in [1.29, 1.82) is 0 Å². The maximum atomic E-state index is 11.5. The topological polar surface area (TPSA) is 126 Å². The van der Waals surface area contributed by atoms with E-state index in [1.165, 1.54) is 0 Å². The molecule has 0 aliphatic rings. The first-order valence-corrected chi connectivity index (χ1v) is 16.6. The third-order valence-corrected chi connectivity index (χ3v) is 6.05. The summed E-state index contributed by atoms with van der Waals surface area (Å²) in [5.74, 6) is -0.308. The van der Waals surface area contributed by atoms with Crippen LogP contribution in [0.1, 0.15) is 78.1 Å². The summed E-state index contributed by atoms with van der Waals surface area (Å²) >= 11 is 0. The fourth-order valence-electron chi connectivity index (χ4n) is 3.61. The third-order valence-electron chi connectivity index (χ3n) is 6.05. The molecule has 0 amide bonds. The molecule has 0 aromatic rings. The molecule has 12 heteroatoms. The Morgan fingerprint density at radius 3 is 0.773 bits per heavy atom. The molecule has 0 N–H and O–H groups in total. The van der Waals surface area contributed by atoms with E-state index in [1.54, 1.807) is 0 Å². The van der Waals surface area contributed by atoms with E-state index in [2.05, 4.69) is 13.8 Å². The van der Waals surface area contributed by atoms with Gasteiger partial charge in [-0.1, -0.05) is 52.4 Å². The second-order valence-electron chi connectivity index (χ2n) is 9.96. The van der Waals surface area contributed by atoms with E-state index in [0.29, 0.717) is 119 Å². The Morgan fingerprint density at radius 2 is 0.545 bits per heavy atom. The van der Waals surface area contributed by atoms with Crippen molar-refractivity contribution in [1.82, 2.24) is 0 Å². The van der Waals surface area contributed by atoms with Gasteiger partial charge in [-0.15, -0.1) is 0 Å². The molecule has 0 spiro atoms. The van der Waals surface area contributed by atoms with Crippen molar-refractivity contribution in [2.24, 2.45) is 0 Å². The molecule has 262 valence electrons. The first-order chi connectivity index (χ1) is 21.7. The first-order valence-electron chi connectivity index (χ1n) is 16.6. The lowest BCUT2D eigenvalue weighted by atomic mass is 10.2. The van der Waals surface area contributed by atoms with Crippen molar-refractivity contribution in [3.63, 3.8) is 0 Å². The van der Waals surface area contributed by atoms with Crippen LogP contribution in [0.15, 0.2) is 0 Å². The molecule has 12 nitrogen and oxygen atoms in total. The molecule has 44 heavy (non-hydrogen) atoms. The predicted molar refractivity (Wildman–Crippen MR) is 166 cm³/mol.